The lowest BCUT2D eigenvalue weighted by Gasteiger charge is -2.37. The summed E-state index contributed by atoms with van der Waals surface area (Å²) in [4.78, 5) is 14.0. The molecule has 0 spiro atoms. The van der Waals surface area contributed by atoms with E-state index in [1.54, 1.807) is 0 Å². The Morgan fingerprint density at radius 3 is 2.61 bits per heavy atom. The molecule has 0 bridgehead atoms. The molecule has 3 fully saturated rings. The Morgan fingerprint density at radius 1 is 1.25 bits per heavy atom. The first-order valence-electron chi connectivity index (χ1n) is 9.92. The third-order valence-electron chi connectivity index (χ3n) is 5.54. The molecule has 9 heteroatoms. The minimum atomic E-state index is -2.84. The van der Waals surface area contributed by atoms with Crippen LogP contribution in [0.3, 0.4) is 0 Å². The third-order valence-corrected chi connectivity index (χ3v) is 7.38. The molecule has 2 aliphatic heterocycles. The molecule has 1 aromatic rings. The fourth-order valence-electron chi connectivity index (χ4n) is 3.72. The fraction of sp³-hybridized carbons (Fsp3) is 0.684. The average Bonchev–Trinajstić information content (AvgIpc) is 3.40. The fourth-order valence-corrected chi connectivity index (χ4v) is 5.57. The highest BCUT2D eigenvalue weighted by Gasteiger charge is 2.30. The number of nitrogens with zero attached hydrogens (tertiary/aromatic N) is 4. The molecule has 0 amide bonds. The van der Waals surface area contributed by atoms with Gasteiger partial charge in [-0.15, -0.1) is 24.0 Å². The smallest absolute Gasteiger partial charge is 0.194 e. The molecule has 1 N–H and O–H groups in total. The SMILES string of the molecule is Cc1ccnc(N2CCN(C(=NCC3CCS(=O)(=O)C3)NC3CC3)CC2)c1.I. The number of hydrogen-bond acceptors (Lipinski definition) is 5. The zero-order valence-corrected chi connectivity index (χ0v) is 19.5. The van der Waals surface area contributed by atoms with Gasteiger partial charge in [0.15, 0.2) is 15.8 Å². The Bertz CT molecular complexity index is 804. The zero-order chi connectivity index (χ0) is 18.9. The minimum Gasteiger partial charge on any atom is -0.354 e. The predicted octanol–water partition coefficient (Wildman–Crippen LogP) is 1.67. The Labute approximate surface area is 184 Å². The van der Waals surface area contributed by atoms with E-state index in [2.05, 4.69) is 33.1 Å². The molecule has 1 aliphatic carbocycles. The van der Waals surface area contributed by atoms with Gasteiger partial charge in [-0.3, -0.25) is 4.99 Å². The summed E-state index contributed by atoms with van der Waals surface area (Å²) < 4.78 is 23.4. The number of sulfone groups is 1. The molecule has 1 aromatic heterocycles. The van der Waals surface area contributed by atoms with Crippen molar-refractivity contribution < 1.29 is 8.42 Å². The largest absolute Gasteiger partial charge is 0.354 e. The van der Waals surface area contributed by atoms with Crippen LogP contribution in [-0.2, 0) is 9.84 Å². The Hall–Kier alpha value is -1.10. The van der Waals surface area contributed by atoms with Crippen molar-refractivity contribution in [3.63, 3.8) is 0 Å². The topological polar surface area (TPSA) is 77.9 Å². The van der Waals surface area contributed by atoms with Crippen LogP contribution in [0, 0.1) is 12.8 Å². The van der Waals surface area contributed by atoms with Gasteiger partial charge in [0.1, 0.15) is 5.82 Å². The molecule has 3 heterocycles. The van der Waals surface area contributed by atoms with Gasteiger partial charge in [-0.05, 0) is 49.8 Å². The highest BCUT2D eigenvalue weighted by Crippen LogP contribution is 2.22. The summed E-state index contributed by atoms with van der Waals surface area (Å²) >= 11 is 0. The average molecular weight is 519 g/mol. The number of aryl methyl sites for hydroxylation is 1. The van der Waals surface area contributed by atoms with E-state index in [9.17, 15) is 8.42 Å². The van der Waals surface area contributed by atoms with Crippen molar-refractivity contribution in [2.24, 2.45) is 10.9 Å². The van der Waals surface area contributed by atoms with E-state index in [0.717, 1.165) is 44.4 Å². The number of rotatable bonds is 4. The van der Waals surface area contributed by atoms with Crippen molar-refractivity contribution in [3.8, 4) is 0 Å². The first-order chi connectivity index (χ1) is 13.0. The Morgan fingerprint density at radius 2 is 2.00 bits per heavy atom. The lowest BCUT2D eigenvalue weighted by atomic mass is 10.1. The predicted molar refractivity (Wildman–Crippen MR) is 123 cm³/mol. The summed E-state index contributed by atoms with van der Waals surface area (Å²) in [6.45, 7) is 6.33. The molecule has 156 valence electrons. The molecule has 3 aliphatic rings. The first kappa shape index (κ1) is 21.6. The molecular formula is C19H30IN5O2S. The summed E-state index contributed by atoms with van der Waals surface area (Å²) in [7, 11) is -2.84. The van der Waals surface area contributed by atoms with Gasteiger partial charge >= 0.3 is 0 Å². The quantitative estimate of drug-likeness (QED) is 0.371. The molecule has 4 rings (SSSR count). The number of guanidine groups is 1. The second kappa shape index (κ2) is 9.15. The standard InChI is InChI=1S/C19H29N5O2S.HI/c1-15-4-6-20-18(12-15)23-7-9-24(10-8-23)19(22-17-2-3-17)21-13-16-5-11-27(25,26)14-16;/h4,6,12,16-17H,2-3,5,7-11,13-14H2,1H3,(H,21,22);1H. The molecule has 1 unspecified atom stereocenters. The van der Waals surface area contributed by atoms with E-state index < -0.39 is 9.84 Å². The number of aliphatic imine (C=N–C) groups is 1. The minimum absolute atomic E-state index is 0. The van der Waals surface area contributed by atoms with Crippen molar-refractivity contribution in [3.05, 3.63) is 23.9 Å². The summed E-state index contributed by atoms with van der Waals surface area (Å²) in [6.07, 6.45) is 5.01. The van der Waals surface area contributed by atoms with Gasteiger partial charge in [-0.1, -0.05) is 0 Å². The number of nitrogens with one attached hydrogen (secondary N) is 1. The summed E-state index contributed by atoms with van der Waals surface area (Å²) in [6, 6.07) is 4.69. The normalized spacial score (nSPS) is 24.8. The van der Waals surface area contributed by atoms with Crippen LogP contribution >= 0.6 is 24.0 Å². The second-order valence-electron chi connectivity index (χ2n) is 8.02. The number of pyridine rings is 1. The van der Waals surface area contributed by atoms with E-state index in [4.69, 9.17) is 4.99 Å². The zero-order valence-electron chi connectivity index (χ0n) is 16.4. The van der Waals surface area contributed by atoms with E-state index in [0.29, 0.717) is 24.1 Å². The van der Waals surface area contributed by atoms with Gasteiger partial charge in [-0.25, -0.2) is 13.4 Å². The van der Waals surface area contributed by atoms with Crippen LogP contribution in [0.25, 0.3) is 0 Å². The lowest BCUT2D eigenvalue weighted by Crippen LogP contribution is -2.53. The van der Waals surface area contributed by atoms with Crippen LogP contribution in [-0.4, -0.2) is 74.5 Å². The maximum Gasteiger partial charge on any atom is 0.194 e. The van der Waals surface area contributed by atoms with E-state index in [1.807, 2.05) is 12.3 Å². The number of anilines is 1. The number of aromatic nitrogens is 1. The molecule has 28 heavy (non-hydrogen) atoms. The van der Waals surface area contributed by atoms with Crippen LogP contribution in [0.15, 0.2) is 23.3 Å². The lowest BCUT2D eigenvalue weighted by molar-refractivity contribution is 0.369. The first-order valence-corrected chi connectivity index (χ1v) is 11.7. The van der Waals surface area contributed by atoms with Crippen molar-refractivity contribution in [1.82, 2.24) is 15.2 Å². The van der Waals surface area contributed by atoms with Gasteiger partial charge in [0.25, 0.3) is 0 Å². The van der Waals surface area contributed by atoms with Gasteiger partial charge < -0.3 is 15.1 Å². The highest BCUT2D eigenvalue weighted by molar-refractivity contribution is 14.0. The molecule has 1 atom stereocenters. The summed E-state index contributed by atoms with van der Waals surface area (Å²) in [5, 5.41) is 3.56. The van der Waals surface area contributed by atoms with Gasteiger partial charge in [-0.2, -0.15) is 0 Å². The molecule has 0 aromatic carbocycles. The highest BCUT2D eigenvalue weighted by atomic mass is 127. The maximum atomic E-state index is 11.7. The third kappa shape index (κ3) is 5.71. The molecule has 2 saturated heterocycles. The van der Waals surface area contributed by atoms with Crippen molar-refractivity contribution >= 4 is 45.6 Å². The Kier molecular flexibility index (Phi) is 7.06. The van der Waals surface area contributed by atoms with Crippen LogP contribution in [0.5, 0.6) is 0 Å². The summed E-state index contributed by atoms with van der Waals surface area (Å²) in [5.41, 5.74) is 1.23. The molecule has 1 saturated carbocycles. The van der Waals surface area contributed by atoms with Gasteiger partial charge in [0, 0.05) is 45.0 Å². The van der Waals surface area contributed by atoms with Crippen molar-refractivity contribution in [1.29, 1.82) is 0 Å². The van der Waals surface area contributed by atoms with Crippen LogP contribution in [0.1, 0.15) is 24.8 Å². The van der Waals surface area contributed by atoms with Gasteiger partial charge in [0.2, 0.25) is 0 Å². The summed E-state index contributed by atoms with van der Waals surface area (Å²) in [5.74, 6) is 2.78. The van der Waals surface area contributed by atoms with E-state index >= 15 is 0 Å². The Balaban J connectivity index is 0.00000225. The second-order valence-corrected chi connectivity index (χ2v) is 10.2. The van der Waals surface area contributed by atoms with Crippen LogP contribution < -0.4 is 10.2 Å². The van der Waals surface area contributed by atoms with E-state index in [1.165, 1.54) is 18.4 Å². The van der Waals surface area contributed by atoms with Gasteiger partial charge in [0.05, 0.1) is 11.5 Å². The monoisotopic (exact) mass is 519 g/mol. The number of piperazine rings is 1. The molecule has 7 nitrogen and oxygen atoms in total. The van der Waals surface area contributed by atoms with Crippen LogP contribution in [0.4, 0.5) is 5.82 Å². The molecular weight excluding hydrogens is 489 g/mol. The van der Waals surface area contributed by atoms with Crippen molar-refractivity contribution in [2.45, 2.75) is 32.2 Å². The number of hydrogen-bond donors (Lipinski definition) is 1. The van der Waals surface area contributed by atoms with E-state index in [-0.39, 0.29) is 29.9 Å². The molecule has 0 radical (unpaired) electrons. The van der Waals surface area contributed by atoms with Crippen molar-refractivity contribution in [2.75, 3.05) is 49.1 Å². The van der Waals surface area contributed by atoms with Crippen LogP contribution in [0.2, 0.25) is 0 Å². The number of halogens is 1. The maximum absolute atomic E-state index is 11.7.